The second-order valence-corrected chi connectivity index (χ2v) is 5.73. The molecule has 1 aromatic carbocycles. The fraction of sp³-hybridized carbons (Fsp3) is 0.600. The first-order valence-electron chi connectivity index (χ1n) is 6.57. The fourth-order valence-corrected chi connectivity index (χ4v) is 2.70. The van der Waals surface area contributed by atoms with Crippen molar-refractivity contribution in [2.75, 3.05) is 13.7 Å². The number of methoxy groups -OCH3 is 1. The second kappa shape index (κ2) is 5.29. The van der Waals surface area contributed by atoms with Gasteiger partial charge in [-0.2, -0.15) is 0 Å². The van der Waals surface area contributed by atoms with Gasteiger partial charge in [0, 0.05) is 18.6 Å². The predicted octanol–water partition coefficient (Wildman–Crippen LogP) is 2.43. The topological polar surface area (TPSA) is 32.7 Å². The molecule has 0 bridgehead atoms. The molecule has 1 aliphatic heterocycles. The number of ether oxygens (including phenoxy) is 1. The van der Waals surface area contributed by atoms with E-state index in [9.17, 15) is 5.11 Å². The van der Waals surface area contributed by atoms with E-state index in [1.807, 2.05) is 12.1 Å². The highest BCUT2D eigenvalue weighted by molar-refractivity contribution is 5.28. The zero-order chi connectivity index (χ0) is 13.2. The van der Waals surface area contributed by atoms with Crippen LogP contribution < -0.4 is 4.74 Å². The Kier molecular flexibility index (Phi) is 3.93. The van der Waals surface area contributed by atoms with Gasteiger partial charge in [-0.25, -0.2) is 0 Å². The van der Waals surface area contributed by atoms with Crippen molar-refractivity contribution in [3.63, 3.8) is 0 Å². The lowest BCUT2D eigenvalue weighted by molar-refractivity contribution is -0.00720. The van der Waals surface area contributed by atoms with Crippen molar-refractivity contribution in [2.45, 2.75) is 44.9 Å². The summed E-state index contributed by atoms with van der Waals surface area (Å²) in [6.07, 6.45) is 1.56. The maximum absolute atomic E-state index is 9.76. The van der Waals surface area contributed by atoms with Gasteiger partial charge in [0.05, 0.1) is 13.2 Å². The Morgan fingerprint density at radius 2 is 2.22 bits per heavy atom. The molecule has 0 aliphatic carbocycles. The Bertz CT molecular complexity index is 403. The highest BCUT2D eigenvalue weighted by Crippen LogP contribution is 2.29. The minimum atomic E-state index is -0.151. The highest BCUT2D eigenvalue weighted by Gasteiger charge is 2.33. The molecule has 18 heavy (non-hydrogen) atoms. The van der Waals surface area contributed by atoms with Crippen LogP contribution in [0.3, 0.4) is 0 Å². The van der Waals surface area contributed by atoms with Crippen LogP contribution in [0.1, 0.15) is 32.3 Å². The van der Waals surface area contributed by atoms with Crippen molar-refractivity contribution in [1.29, 1.82) is 0 Å². The van der Waals surface area contributed by atoms with Crippen LogP contribution in [0.15, 0.2) is 24.3 Å². The Balaban J connectivity index is 2.08. The van der Waals surface area contributed by atoms with Crippen molar-refractivity contribution in [2.24, 2.45) is 0 Å². The van der Waals surface area contributed by atoms with Crippen molar-refractivity contribution >= 4 is 0 Å². The minimum absolute atomic E-state index is 0.0563. The third-order valence-corrected chi connectivity index (χ3v) is 3.83. The molecule has 0 amide bonds. The van der Waals surface area contributed by atoms with Gasteiger partial charge in [0.2, 0.25) is 0 Å². The third kappa shape index (κ3) is 3.03. The van der Waals surface area contributed by atoms with Gasteiger partial charge >= 0.3 is 0 Å². The summed E-state index contributed by atoms with van der Waals surface area (Å²) in [6, 6.07) is 8.21. The van der Waals surface area contributed by atoms with Crippen molar-refractivity contribution in [1.82, 2.24) is 4.90 Å². The maximum atomic E-state index is 9.76. The van der Waals surface area contributed by atoms with Crippen LogP contribution >= 0.6 is 0 Å². The van der Waals surface area contributed by atoms with Gasteiger partial charge in [-0.3, -0.25) is 4.90 Å². The summed E-state index contributed by atoms with van der Waals surface area (Å²) in [6.45, 7) is 6.27. The molecule has 0 spiro atoms. The number of aliphatic hydroxyl groups excluding tert-OH is 1. The summed E-state index contributed by atoms with van der Waals surface area (Å²) in [5.74, 6) is 0.905. The summed E-state index contributed by atoms with van der Waals surface area (Å²) < 4.78 is 5.25. The first-order chi connectivity index (χ1) is 8.51. The summed E-state index contributed by atoms with van der Waals surface area (Å²) in [4.78, 5) is 2.44. The lowest BCUT2D eigenvalue weighted by Gasteiger charge is -2.44. The molecule has 1 fully saturated rings. The number of nitrogens with zero attached hydrogens (tertiary/aromatic N) is 1. The molecule has 3 nitrogen and oxygen atoms in total. The lowest BCUT2D eigenvalue weighted by atomic mass is 9.88. The van der Waals surface area contributed by atoms with Gasteiger partial charge in [0.1, 0.15) is 5.75 Å². The van der Waals surface area contributed by atoms with Crippen LogP contribution in [-0.2, 0) is 6.54 Å². The monoisotopic (exact) mass is 249 g/mol. The molecule has 2 rings (SSSR count). The van der Waals surface area contributed by atoms with E-state index in [4.69, 9.17) is 4.74 Å². The second-order valence-electron chi connectivity index (χ2n) is 5.73. The van der Waals surface area contributed by atoms with E-state index in [1.54, 1.807) is 7.11 Å². The number of hydrogen-bond donors (Lipinski definition) is 1. The van der Waals surface area contributed by atoms with Gasteiger partial charge in [0.25, 0.3) is 0 Å². The summed E-state index contributed by atoms with van der Waals surface area (Å²) in [7, 11) is 1.69. The van der Waals surface area contributed by atoms with Crippen LogP contribution in [0, 0.1) is 0 Å². The van der Waals surface area contributed by atoms with Crippen molar-refractivity contribution in [3.8, 4) is 5.75 Å². The summed E-state index contributed by atoms with van der Waals surface area (Å²) in [5.41, 5.74) is 1.32. The van der Waals surface area contributed by atoms with E-state index in [0.29, 0.717) is 0 Å². The first kappa shape index (κ1) is 13.4. The smallest absolute Gasteiger partial charge is 0.119 e. The molecule has 0 aromatic heterocycles. The maximum Gasteiger partial charge on any atom is 0.119 e. The van der Waals surface area contributed by atoms with E-state index < -0.39 is 0 Å². The Labute approximate surface area is 109 Å². The SMILES string of the molecule is COc1cccc(CN2CCC(O)CC2(C)C)c1. The molecular formula is C15H23NO2. The average molecular weight is 249 g/mol. The molecule has 100 valence electrons. The largest absolute Gasteiger partial charge is 0.497 e. The molecule has 1 heterocycles. The normalized spacial score (nSPS) is 23.9. The number of rotatable bonds is 3. The van der Waals surface area contributed by atoms with Gasteiger partial charge in [0.15, 0.2) is 0 Å². The number of hydrogen-bond acceptors (Lipinski definition) is 3. The molecule has 1 saturated heterocycles. The van der Waals surface area contributed by atoms with Gasteiger partial charge in [-0.1, -0.05) is 12.1 Å². The highest BCUT2D eigenvalue weighted by atomic mass is 16.5. The van der Waals surface area contributed by atoms with E-state index in [2.05, 4.69) is 30.9 Å². The van der Waals surface area contributed by atoms with Crippen LogP contribution in [0.4, 0.5) is 0 Å². The molecule has 3 heteroatoms. The molecule has 1 unspecified atom stereocenters. The van der Waals surface area contributed by atoms with Crippen LogP contribution in [-0.4, -0.2) is 35.3 Å². The van der Waals surface area contributed by atoms with Crippen molar-refractivity contribution in [3.05, 3.63) is 29.8 Å². The lowest BCUT2D eigenvalue weighted by Crippen LogP contribution is -2.50. The van der Waals surface area contributed by atoms with E-state index in [-0.39, 0.29) is 11.6 Å². The van der Waals surface area contributed by atoms with Crippen LogP contribution in [0.2, 0.25) is 0 Å². The molecule has 1 aromatic rings. The average Bonchev–Trinajstić information content (AvgIpc) is 2.32. The van der Waals surface area contributed by atoms with Crippen LogP contribution in [0.5, 0.6) is 5.75 Å². The Morgan fingerprint density at radius 3 is 2.89 bits per heavy atom. The van der Waals surface area contributed by atoms with Crippen LogP contribution in [0.25, 0.3) is 0 Å². The zero-order valence-electron chi connectivity index (χ0n) is 11.5. The Morgan fingerprint density at radius 1 is 1.44 bits per heavy atom. The number of likely N-dealkylation sites (tertiary alicyclic amines) is 1. The summed E-state index contributed by atoms with van der Waals surface area (Å²) in [5, 5.41) is 9.76. The quantitative estimate of drug-likeness (QED) is 0.893. The predicted molar refractivity (Wildman–Crippen MR) is 72.7 cm³/mol. The molecule has 0 saturated carbocycles. The number of aliphatic hydroxyl groups is 1. The van der Waals surface area contributed by atoms with Gasteiger partial charge in [-0.15, -0.1) is 0 Å². The molecule has 1 atom stereocenters. The molecular weight excluding hydrogens is 226 g/mol. The zero-order valence-corrected chi connectivity index (χ0v) is 11.5. The summed E-state index contributed by atoms with van der Waals surface area (Å²) >= 11 is 0. The van der Waals surface area contributed by atoms with Gasteiger partial charge < -0.3 is 9.84 Å². The minimum Gasteiger partial charge on any atom is -0.497 e. The van der Waals surface area contributed by atoms with E-state index in [0.717, 1.165) is 31.7 Å². The molecule has 0 radical (unpaired) electrons. The van der Waals surface area contributed by atoms with Gasteiger partial charge in [-0.05, 0) is 44.4 Å². The number of benzene rings is 1. The van der Waals surface area contributed by atoms with Crippen molar-refractivity contribution < 1.29 is 9.84 Å². The third-order valence-electron chi connectivity index (χ3n) is 3.83. The standard InChI is InChI=1S/C15H23NO2/c1-15(2)10-13(17)7-8-16(15)11-12-5-4-6-14(9-12)18-3/h4-6,9,13,17H,7-8,10-11H2,1-3H3. The Hall–Kier alpha value is -1.06. The van der Waals surface area contributed by atoms with E-state index in [1.165, 1.54) is 5.56 Å². The molecule has 1 N–H and O–H groups in total. The van der Waals surface area contributed by atoms with E-state index >= 15 is 0 Å². The fourth-order valence-electron chi connectivity index (χ4n) is 2.70. The molecule has 1 aliphatic rings. The number of piperidine rings is 1. The first-order valence-corrected chi connectivity index (χ1v) is 6.57.